The van der Waals surface area contributed by atoms with Crippen molar-refractivity contribution in [2.75, 3.05) is 25.1 Å². The summed E-state index contributed by atoms with van der Waals surface area (Å²) in [5, 5.41) is 6.58. The Balaban J connectivity index is 1.47. The second-order valence-electron chi connectivity index (χ2n) is 6.87. The molecule has 1 fully saturated rings. The minimum atomic E-state index is -0.290. The Kier molecular flexibility index (Phi) is 5.34. The fraction of sp³-hybridized carbons (Fsp3) is 0.286. The number of nitrogens with zero attached hydrogens (tertiary/aromatic N) is 1. The SMILES string of the molecule is O=C(NCC1CCOCC1)c1ncccc1NC(=O)c1c[nH]c2ccccc12. The molecule has 3 aromatic rings. The molecule has 2 aromatic heterocycles. The van der Waals surface area contributed by atoms with Crippen molar-refractivity contribution in [3.05, 3.63) is 60.0 Å². The zero-order chi connectivity index (χ0) is 19.3. The Morgan fingerprint density at radius 3 is 2.79 bits per heavy atom. The van der Waals surface area contributed by atoms with Gasteiger partial charge in [0.25, 0.3) is 11.8 Å². The Hall–Kier alpha value is -3.19. The number of anilines is 1. The predicted octanol–water partition coefficient (Wildman–Crippen LogP) is 2.97. The third kappa shape index (κ3) is 3.89. The fourth-order valence-corrected chi connectivity index (χ4v) is 3.41. The molecule has 1 aromatic carbocycles. The van der Waals surface area contributed by atoms with Gasteiger partial charge in [-0.15, -0.1) is 0 Å². The average Bonchev–Trinajstić information content (AvgIpc) is 3.17. The van der Waals surface area contributed by atoms with E-state index in [1.807, 2.05) is 24.3 Å². The predicted molar refractivity (Wildman–Crippen MR) is 106 cm³/mol. The van der Waals surface area contributed by atoms with Gasteiger partial charge in [-0.1, -0.05) is 18.2 Å². The van der Waals surface area contributed by atoms with Crippen LogP contribution in [0.25, 0.3) is 10.9 Å². The first kappa shape index (κ1) is 18.2. The lowest BCUT2D eigenvalue weighted by molar-refractivity contribution is 0.0642. The van der Waals surface area contributed by atoms with Crippen LogP contribution in [0.3, 0.4) is 0 Å². The summed E-state index contributed by atoms with van der Waals surface area (Å²) in [6, 6.07) is 11.0. The summed E-state index contributed by atoms with van der Waals surface area (Å²) in [7, 11) is 0. The normalized spacial score (nSPS) is 14.7. The van der Waals surface area contributed by atoms with Crippen molar-refractivity contribution >= 4 is 28.4 Å². The summed E-state index contributed by atoms with van der Waals surface area (Å²) in [6.45, 7) is 2.04. The van der Waals surface area contributed by atoms with Crippen LogP contribution >= 0.6 is 0 Å². The number of nitrogens with one attached hydrogen (secondary N) is 3. The first-order valence-electron chi connectivity index (χ1n) is 9.41. The van der Waals surface area contributed by atoms with Crippen molar-refractivity contribution < 1.29 is 14.3 Å². The van der Waals surface area contributed by atoms with Crippen molar-refractivity contribution in [3.8, 4) is 0 Å². The number of aromatic nitrogens is 2. The Labute approximate surface area is 162 Å². The number of fused-ring (bicyclic) bond motifs is 1. The average molecular weight is 378 g/mol. The van der Waals surface area contributed by atoms with Gasteiger partial charge in [0, 0.05) is 43.1 Å². The monoisotopic (exact) mass is 378 g/mol. The maximum absolute atomic E-state index is 12.8. The van der Waals surface area contributed by atoms with Crippen LogP contribution in [0.5, 0.6) is 0 Å². The highest BCUT2D eigenvalue weighted by Crippen LogP contribution is 2.20. The van der Waals surface area contributed by atoms with E-state index in [1.165, 1.54) is 0 Å². The summed E-state index contributed by atoms with van der Waals surface area (Å²) in [5.74, 6) is -0.170. The van der Waals surface area contributed by atoms with Crippen LogP contribution in [0.15, 0.2) is 48.8 Å². The number of pyridine rings is 1. The van der Waals surface area contributed by atoms with Crippen molar-refractivity contribution in [3.63, 3.8) is 0 Å². The van der Waals surface area contributed by atoms with Gasteiger partial charge in [-0.05, 0) is 37.0 Å². The molecular weight excluding hydrogens is 356 g/mol. The molecule has 28 heavy (non-hydrogen) atoms. The summed E-state index contributed by atoms with van der Waals surface area (Å²) in [4.78, 5) is 32.7. The molecule has 0 spiro atoms. The third-order valence-electron chi connectivity index (χ3n) is 5.00. The maximum Gasteiger partial charge on any atom is 0.272 e. The van der Waals surface area contributed by atoms with E-state index in [4.69, 9.17) is 4.74 Å². The quantitative estimate of drug-likeness (QED) is 0.636. The molecule has 1 saturated heterocycles. The second kappa shape index (κ2) is 8.22. The molecule has 0 bridgehead atoms. The fourth-order valence-electron chi connectivity index (χ4n) is 3.41. The molecule has 4 rings (SSSR count). The first-order chi connectivity index (χ1) is 13.7. The zero-order valence-corrected chi connectivity index (χ0v) is 15.4. The molecule has 0 radical (unpaired) electrons. The van der Waals surface area contributed by atoms with Crippen LogP contribution in [-0.4, -0.2) is 41.5 Å². The lowest BCUT2D eigenvalue weighted by Crippen LogP contribution is -2.33. The van der Waals surface area contributed by atoms with Gasteiger partial charge < -0.3 is 20.4 Å². The summed E-state index contributed by atoms with van der Waals surface area (Å²) in [5.41, 5.74) is 2.01. The molecule has 7 heteroatoms. The van der Waals surface area contributed by atoms with Gasteiger partial charge in [0.2, 0.25) is 0 Å². The molecule has 7 nitrogen and oxygen atoms in total. The highest BCUT2D eigenvalue weighted by Gasteiger charge is 2.19. The minimum absolute atomic E-state index is 0.211. The van der Waals surface area contributed by atoms with E-state index in [-0.39, 0.29) is 17.5 Å². The van der Waals surface area contributed by atoms with Crippen molar-refractivity contribution in [1.82, 2.24) is 15.3 Å². The highest BCUT2D eigenvalue weighted by atomic mass is 16.5. The second-order valence-corrected chi connectivity index (χ2v) is 6.87. The van der Waals surface area contributed by atoms with Crippen molar-refractivity contribution in [2.24, 2.45) is 5.92 Å². The third-order valence-corrected chi connectivity index (χ3v) is 5.00. The standard InChI is InChI=1S/C21H22N4O3/c26-20(16-13-23-17-5-2-1-4-15(16)17)25-18-6-3-9-22-19(18)21(27)24-12-14-7-10-28-11-8-14/h1-6,9,13-14,23H,7-8,10-12H2,(H,24,27)(H,25,26). The zero-order valence-electron chi connectivity index (χ0n) is 15.4. The van der Waals surface area contributed by atoms with Crippen LogP contribution in [0.4, 0.5) is 5.69 Å². The van der Waals surface area contributed by atoms with Gasteiger partial charge in [-0.25, -0.2) is 4.98 Å². The van der Waals surface area contributed by atoms with Gasteiger partial charge in [0.15, 0.2) is 5.69 Å². The number of hydrogen-bond donors (Lipinski definition) is 3. The Morgan fingerprint density at radius 2 is 1.93 bits per heavy atom. The van der Waals surface area contributed by atoms with Gasteiger partial charge in [-0.3, -0.25) is 9.59 Å². The smallest absolute Gasteiger partial charge is 0.272 e. The number of benzene rings is 1. The lowest BCUT2D eigenvalue weighted by atomic mass is 10.0. The molecule has 3 heterocycles. The van der Waals surface area contributed by atoms with E-state index in [1.54, 1.807) is 24.5 Å². The van der Waals surface area contributed by atoms with Crippen LogP contribution < -0.4 is 10.6 Å². The number of amides is 2. The minimum Gasteiger partial charge on any atom is -0.381 e. The summed E-state index contributed by atoms with van der Waals surface area (Å²) >= 11 is 0. The number of H-pyrrole nitrogens is 1. The van der Waals surface area contributed by atoms with Gasteiger partial charge in [0.05, 0.1) is 11.3 Å². The van der Waals surface area contributed by atoms with E-state index in [9.17, 15) is 9.59 Å². The molecule has 0 unspecified atom stereocenters. The number of para-hydroxylation sites is 1. The Bertz CT molecular complexity index is 992. The number of rotatable bonds is 5. The molecule has 1 aliphatic rings. The molecule has 3 N–H and O–H groups in total. The molecule has 1 aliphatic heterocycles. The molecule has 0 atom stereocenters. The van der Waals surface area contributed by atoms with Crippen LogP contribution in [-0.2, 0) is 4.74 Å². The lowest BCUT2D eigenvalue weighted by Gasteiger charge is -2.22. The largest absolute Gasteiger partial charge is 0.381 e. The van der Waals surface area contributed by atoms with Crippen LogP contribution in [0, 0.1) is 5.92 Å². The summed E-state index contributed by atoms with van der Waals surface area (Å²) < 4.78 is 5.34. The number of ether oxygens (including phenoxy) is 1. The first-order valence-corrected chi connectivity index (χ1v) is 9.41. The number of carbonyl (C=O) groups excluding carboxylic acids is 2. The van der Waals surface area contributed by atoms with E-state index >= 15 is 0 Å². The molecule has 144 valence electrons. The van der Waals surface area contributed by atoms with Crippen LogP contribution in [0.1, 0.15) is 33.7 Å². The summed E-state index contributed by atoms with van der Waals surface area (Å²) in [6.07, 6.45) is 5.09. The number of aromatic amines is 1. The van der Waals surface area contributed by atoms with Crippen molar-refractivity contribution in [2.45, 2.75) is 12.8 Å². The van der Waals surface area contributed by atoms with E-state index in [2.05, 4.69) is 20.6 Å². The van der Waals surface area contributed by atoms with Gasteiger partial charge in [-0.2, -0.15) is 0 Å². The number of carbonyl (C=O) groups is 2. The van der Waals surface area contributed by atoms with E-state index in [0.29, 0.717) is 23.7 Å². The van der Waals surface area contributed by atoms with E-state index < -0.39 is 0 Å². The Morgan fingerprint density at radius 1 is 1.11 bits per heavy atom. The molecular formula is C21H22N4O3. The van der Waals surface area contributed by atoms with E-state index in [0.717, 1.165) is 37.0 Å². The maximum atomic E-state index is 12.8. The van der Waals surface area contributed by atoms with Crippen molar-refractivity contribution in [1.29, 1.82) is 0 Å². The molecule has 2 amide bonds. The molecule has 0 saturated carbocycles. The highest BCUT2D eigenvalue weighted by molar-refractivity contribution is 6.14. The van der Waals surface area contributed by atoms with Gasteiger partial charge in [0.1, 0.15) is 0 Å². The number of hydrogen-bond acceptors (Lipinski definition) is 4. The topological polar surface area (TPSA) is 96.1 Å². The molecule has 0 aliphatic carbocycles. The van der Waals surface area contributed by atoms with Gasteiger partial charge >= 0.3 is 0 Å². The van der Waals surface area contributed by atoms with Crippen LogP contribution in [0.2, 0.25) is 0 Å².